The van der Waals surface area contributed by atoms with Gasteiger partial charge in [0.05, 0.1) is 5.69 Å². The largest absolute Gasteiger partial charge is 0.503 e. The van der Waals surface area contributed by atoms with Crippen LogP contribution in [0.1, 0.15) is 42.3 Å². The lowest BCUT2D eigenvalue weighted by molar-refractivity contribution is -0.141. The van der Waals surface area contributed by atoms with Crippen molar-refractivity contribution in [1.82, 2.24) is 4.57 Å². The van der Waals surface area contributed by atoms with E-state index >= 15 is 0 Å². The Hall–Kier alpha value is -2.60. The van der Waals surface area contributed by atoms with Crippen molar-refractivity contribution in [3.05, 3.63) is 63.6 Å². The van der Waals surface area contributed by atoms with E-state index in [1.165, 1.54) is 10.8 Å². The van der Waals surface area contributed by atoms with E-state index in [2.05, 4.69) is 0 Å². The third-order valence-corrected chi connectivity index (χ3v) is 3.80. The molecule has 6 heteroatoms. The van der Waals surface area contributed by atoms with E-state index in [1.54, 1.807) is 31.2 Å². The minimum atomic E-state index is -1.31. The van der Waals surface area contributed by atoms with Crippen molar-refractivity contribution < 1.29 is 20.1 Å². The predicted octanol–water partition coefficient (Wildman–Crippen LogP) is 1.98. The first-order chi connectivity index (χ1) is 10.9. The molecule has 2 rings (SSSR count). The van der Waals surface area contributed by atoms with Gasteiger partial charge in [0.1, 0.15) is 12.1 Å². The molecule has 0 radical (unpaired) electrons. The van der Waals surface area contributed by atoms with Crippen LogP contribution < -0.4 is 5.43 Å². The van der Waals surface area contributed by atoms with Gasteiger partial charge in [-0.1, -0.05) is 36.8 Å². The van der Waals surface area contributed by atoms with Gasteiger partial charge in [0, 0.05) is 12.3 Å². The zero-order chi connectivity index (χ0) is 17.1. The Morgan fingerprint density at radius 2 is 1.83 bits per heavy atom. The van der Waals surface area contributed by atoms with Gasteiger partial charge in [-0.2, -0.15) is 0 Å². The molecule has 1 heterocycles. The van der Waals surface area contributed by atoms with Gasteiger partial charge in [-0.05, 0) is 18.9 Å². The molecule has 23 heavy (non-hydrogen) atoms. The van der Waals surface area contributed by atoms with Crippen LogP contribution >= 0.6 is 0 Å². The van der Waals surface area contributed by atoms with Gasteiger partial charge in [0.15, 0.2) is 5.75 Å². The number of carbonyl (C=O) groups is 1. The quantitative estimate of drug-likeness (QED) is 0.783. The monoisotopic (exact) mass is 317 g/mol. The second-order valence-electron chi connectivity index (χ2n) is 5.40. The van der Waals surface area contributed by atoms with Gasteiger partial charge >= 0.3 is 5.97 Å². The first kappa shape index (κ1) is 16.8. The third kappa shape index (κ3) is 3.27. The average Bonchev–Trinajstić information content (AvgIpc) is 2.51. The number of nitrogens with zero attached hydrogens (tertiary/aromatic N) is 1. The van der Waals surface area contributed by atoms with E-state index < -0.39 is 29.3 Å². The van der Waals surface area contributed by atoms with Crippen LogP contribution in [0.25, 0.3) is 0 Å². The maximum atomic E-state index is 11.7. The van der Waals surface area contributed by atoms with Gasteiger partial charge in [0.2, 0.25) is 5.43 Å². The average molecular weight is 317 g/mol. The van der Waals surface area contributed by atoms with E-state index in [0.717, 1.165) is 11.6 Å². The first-order valence-corrected chi connectivity index (χ1v) is 7.28. The fraction of sp³-hybridized carbons (Fsp3) is 0.294. The van der Waals surface area contributed by atoms with Crippen LogP contribution in [0.15, 0.2) is 41.3 Å². The maximum absolute atomic E-state index is 11.7. The SMILES string of the molecule is CCC(C(=O)O)n1ccc(=O)c(O)c1C(O)c1ccc(C)cc1. The molecule has 122 valence electrons. The number of benzene rings is 1. The summed E-state index contributed by atoms with van der Waals surface area (Å²) in [5.41, 5.74) is 0.677. The van der Waals surface area contributed by atoms with E-state index in [9.17, 15) is 24.9 Å². The van der Waals surface area contributed by atoms with Crippen molar-refractivity contribution in [2.24, 2.45) is 0 Å². The van der Waals surface area contributed by atoms with Gasteiger partial charge in [0.25, 0.3) is 0 Å². The number of aliphatic hydroxyl groups is 1. The van der Waals surface area contributed by atoms with Crippen molar-refractivity contribution in [1.29, 1.82) is 0 Å². The molecular weight excluding hydrogens is 298 g/mol. The minimum Gasteiger partial charge on any atom is -0.503 e. The molecule has 1 aromatic carbocycles. The first-order valence-electron chi connectivity index (χ1n) is 7.28. The summed E-state index contributed by atoms with van der Waals surface area (Å²) in [6.07, 6.45) is 0.223. The Balaban J connectivity index is 2.63. The molecule has 1 aromatic heterocycles. The smallest absolute Gasteiger partial charge is 0.326 e. The molecule has 0 aliphatic rings. The normalized spacial score (nSPS) is 13.5. The fourth-order valence-electron chi connectivity index (χ4n) is 2.50. The van der Waals surface area contributed by atoms with Gasteiger partial charge in [-0.3, -0.25) is 4.79 Å². The number of pyridine rings is 1. The highest BCUT2D eigenvalue weighted by Gasteiger charge is 2.26. The molecule has 0 spiro atoms. The number of aromatic nitrogens is 1. The van der Waals surface area contributed by atoms with E-state index in [4.69, 9.17) is 0 Å². The number of carboxylic acids is 1. The minimum absolute atomic E-state index is 0.115. The highest BCUT2D eigenvalue weighted by molar-refractivity contribution is 5.72. The Morgan fingerprint density at radius 3 is 2.35 bits per heavy atom. The molecule has 2 unspecified atom stereocenters. The number of aliphatic carboxylic acids is 1. The van der Waals surface area contributed by atoms with Crippen molar-refractivity contribution in [2.75, 3.05) is 0 Å². The summed E-state index contributed by atoms with van der Waals surface area (Å²) in [5.74, 6) is -1.74. The molecule has 0 saturated heterocycles. The second kappa shape index (κ2) is 6.66. The highest BCUT2D eigenvalue weighted by Crippen LogP contribution is 2.30. The lowest BCUT2D eigenvalue weighted by Gasteiger charge is -2.23. The molecule has 0 bridgehead atoms. The molecule has 2 aromatic rings. The molecule has 6 nitrogen and oxygen atoms in total. The number of hydrogen-bond acceptors (Lipinski definition) is 4. The molecule has 0 amide bonds. The number of aliphatic hydroxyl groups excluding tert-OH is 1. The van der Waals surface area contributed by atoms with Crippen LogP contribution in [0.2, 0.25) is 0 Å². The summed E-state index contributed by atoms with van der Waals surface area (Å²) in [6.45, 7) is 3.57. The van der Waals surface area contributed by atoms with E-state index in [-0.39, 0.29) is 12.1 Å². The van der Waals surface area contributed by atoms with Gasteiger partial charge in [-0.25, -0.2) is 4.79 Å². The zero-order valence-electron chi connectivity index (χ0n) is 12.9. The highest BCUT2D eigenvalue weighted by atomic mass is 16.4. The number of rotatable bonds is 5. The molecule has 2 atom stereocenters. The summed E-state index contributed by atoms with van der Waals surface area (Å²) in [5, 5.41) is 30.0. The molecule has 0 fully saturated rings. The predicted molar refractivity (Wildman–Crippen MR) is 84.6 cm³/mol. The Morgan fingerprint density at radius 1 is 1.22 bits per heavy atom. The van der Waals surface area contributed by atoms with E-state index in [0.29, 0.717) is 5.56 Å². The molecule has 0 aliphatic heterocycles. The van der Waals surface area contributed by atoms with Crippen LogP contribution in [-0.4, -0.2) is 25.9 Å². The lowest BCUT2D eigenvalue weighted by atomic mass is 10.0. The number of aryl methyl sites for hydroxylation is 1. The van der Waals surface area contributed by atoms with Crippen LogP contribution in [0.3, 0.4) is 0 Å². The zero-order valence-corrected chi connectivity index (χ0v) is 12.9. The molecular formula is C17H19NO5. The summed E-state index contributed by atoms with van der Waals surface area (Å²) in [4.78, 5) is 23.2. The summed E-state index contributed by atoms with van der Waals surface area (Å²) in [6, 6.07) is 7.01. The van der Waals surface area contributed by atoms with Crippen molar-refractivity contribution in [3.8, 4) is 5.75 Å². The van der Waals surface area contributed by atoms with Crippen molar-refractivity contribution in [2.45, 2.75) is 32.4 Å². The topological polar surface area (TPSA) is 99.8 Å². The molecule has 3 N–H and O–H groups in total. The van der Waals surface area contributed by atoms with Crippen LogP contribution in [0, 0.1) is 6.92 Å². The molecule has 0 saturated carbocycles. The van der Waals surface area contributed by atoms with Crippen LogP contribution in [0.4, 0.5) is 0 Å². The summed E-state index contributed by atoms with van der Waals surface area (Å²) >= 11 is 0. The standard InChI is InChI=1S/C17H19NO5/c1-3-12(17(22)23)18-9-8-13(19)16(21)14(18)15(20)11-6-4-10(2)5-7-11/h4-9,12,15,20-21H,3H2,1-2H3,(H,22,23). The third-order valence-electron chi connectivity index (χ3n) is 3.80. The number of aromatic hydroxyl groups is 1. The lowest BCUT2D eigenvalue weighted by Crippen LogP contribution is -2.25. The van der Waals surface area contributed by atoms with Crippen molar-refractivity contribution >= 4 is 5.97 Å². The van der Waals surface area contributed by atoms with Crippen molar-refractivity contribution in [3.63, 3.8) is 0 Å². The van der Waals surface area contributed by atoms with Gasteiger partial charge in [-0.15, -0.1) is 0 Å². The summed E-state index contributed by atoms with van der Waals surface area (Å²) < 4.78 is 1.24. The molecule has 0 aliphatic carbocycles. The maximum Gasteiger partial charge on any atom is 0.326 e. The van der Waals surface area contributed by atoms with Crippen LogP contribution in [-0.2, 0) is 4.79 Å². The fourth-order valence-corrected chi connectivity index (χ4v) is 2.50. The Labute approximate surface area is 133 Å². The van der Waals surface area contributed by atoms with Crippen LogP contribution in [0.5, 0.6) is 5.75 Å². The van der Waals surface area contributed by atoms with E-state index in [1.807, 2.05) is 6.92 Å². The summed E-state index contributed by atoms with van der Waals surface area (Å²) in [7, 11) is 0. The number of hydrogen-bond donors (Lipinski definition) is 3. The van der Waals surface area contributed by atoms with Gasteiger partial charge < -0.3 is 19.9 Å². The Kier molecular flexibility index (Phi) is 4.86. The second-order valence-corrected chi connectivity index (χ2v) is 5.40. The Bertz CT molecular complexity index is 764. The number of carboxylic acid groups (broad SMARTS) is 1.